The van der Waals surface area contributed by atoms with Crippen molar-refractivity contribution in [2.45, 2.75) is 38.1 Å². The van der Waals surface area contributed by atoms with Crippen LogP contribution < -0.4 is 10.2 Å². The van der Waals surface area contributed by atoms with Crippen molar-refractivity contribution in [2.75, 3.05) is 37.0 Å². The van der Waals surface area contributed by atoms with Gasteiger partial charge in [0.05, 0.1) is 12.4 Å². The zero-order valence-corrected chi connectivity index (χ0v) is 12.2. The summed E-state index contributed by atoms with van der Waals surface area (Å²) in [5, 5.41) is 2.98. The van der Waals surface area contributed by atoms with Crippen molar-refractivity contribution in [1.29, 1.82) is 0 Å². The van der Waals surface area contributed by atoms with Gasteiger partial charge in [-0.25, -0.2) is 4.39 Å². The van der Waals surface area contributed by atoms with Crippen molar-refractivity contribution in [3.8, 4) is 0 Å². The van der Waals surface area contributed by atoms with E-state index in [-0.39, 0.29) is 5.82 Å². The highest BCUT2D eigenvalue weighted by Crippen LogP contribution is 2.29. The summed E-state index contributed by atoms with van der Waals surface area (Å²) in [4.78, 5) is 4.70. The molecule has 1 aromatic carbocycles. The molecule has 0 unspecified atom stereocenters. The fourth-order valence-electron chi connectivity index (χ4n) is 3.47. The number of nitrogens with zero attached hydrogens (tertiary/aromatic N) is 2. The van der Waals surface area contributed by atoms with Gasteiger partial charge in [0, 0.05) is 31.9 Å². The largest absolute Gasteiger partial charge is 0.388 e. The summed E-state index contributed by atoms with van der Waals surface area (Å²) in [5.74, 6) is -0.123. The molecule has 1 aromatic rings. The van der Waals surface area contributed by atoms with Crippen LogP contribution in [0.4, 0.5) is 15.8 Å². The first-order valence-electron chi connectivity index (χ1n) is 7.74. The van der Waals surface area contributed by atoms with Crippen molar-refractivity contribution in [1.82, 2.24) is 4.90 Å². The third-order valence-corrected chi connectivity index (χ3v) is 4.68. The summed E-state index contributed by atoms with van der Waals surface area (Å²) in [6.45, 7) is 2.88. The number of halogens is 1. The Bertz CT molecular complexity index is 457. The number of hydrogen-bond donors (Lipinski definition) is 1. The molecule has 1 saturated carbocycles. The van der Waals surface area contributed by atoms with Crippen LogP contribution in [0.15, 0.2) is 18.2 Å². The lowest BCUT2D eigenvalue weighted by molar-refractivity contribution is 0.193. The third kappa shape index (κ3) is 2.75. The number of hydrogen-bond acceptors (Lipinski definition) is 3. The fourth-order valence-corrected chi connectivity index (χ4v) is 3.47. The highest BCUT2D eigenvalue weighted by Gasteiger charge is 2.28. The van der Waals surface area contributed by atoms with E-state index in [2.05, 4.69) is 15.1 Å². The van der Waals surface area contributed by atoms with E-state index in [0.717, 1.165) is 31.1 Å². The molecule has 110 valence electrons. The Balaban J connectivity index is 1.67. The van der Waals surface area contributed by atoms with Crippen LogP contribution in [-0.4, -0.2) is 37.7 Å². The zero-order valence-electron chi connectivity index (χ0n) is 12.2. The van der Waals surface area contributed by atoms with Gasteiger partial charge in [-0.3, -0.25) is 4.90 Å². The van der Waals surface area contributed by atoms with E-state index in [9.17, 15) is 4.39 Å². The second-order valence-corrected chi connectivity index (χ2v) is 5.93. The lowest BCUT2D eigenvalue weighted by atomic mass is 9.94. The molecule has 0 amide bonds. The van der Waals surface area contributed by atoms with Gasteiger partial charge in [0.2, 0.25) is 0 Å². The van der Waals surface area contributed by atoms with Crippen LogP contribution in [0.3, 0.4) is 0 Å². The zero-order chi connectivity index (χ0) is 13.9. The molecule has 1 N–H and O–H groups in total. The minimum absolute atomic E-state index is 0.123. The minimum atomic E-state index is -0.123. The topological polar surface area (TPSA) is 18.5 Å². The van der Waals surface area contributed by atoms with Crippen molar-refractivity contribution >= 4 is 11.4 Å². The molecule has 0 spiro atoms. The Morgan fingerprint density at radius 3 is 2.65 bits per heavy atom. The second-order valence-electron chi connectivity index (χ2n) is 5.93. The maximum absolute atomic E-state index is 14.2. The molecule has 2 aliphatic rings. The van der Waals surface area contributed by atoms with Crippen LogP contribution in [0.5, 0.6) is 0 Å². The fraction of sp³-hybridized carbons (Fsp3) is 0.625. The first-order chi connectivity index (χ1) is 9.78. The number of benzene rings is 1. The van der Waals surface area contributed by atoms with Crippen molar-refractivity contribution < 1.29 is 4.39 Å². The van der Waals surface area contributed by atoms with E-state index >= 15 is 0 Å². The summed E-state index contributed by atoms with van der Waals surface area (Å²) >= 11 is 0. The molecule has 20 heavy (non-hydrogen) atoms. The van der Waals surface area contributed by atoms with E-state index in [0.29, 0.717) is 6.04 Å². The molecule has 1 saturated heterocycles. The predicted octanol–water partition coefficient (Wildman–Crippen LogP) is 3.28. The Labute approximate surface area is 120 Å². The molecule has 3 rings (SSSR count). The molecule has 2 fully saturated rings. The van der Waals surface area contributed by atoms with Gasteiger partial charge in [-0.15, -0.1) is 0 Å². The second kappa shape index (κ2) is 6.00. The Kier molecular flexibility index (Phi) is 4.10. The molecule has 0 atom stereocenters. The van der Waals surface area contributed by atoms with Crippen LogP contribution in [0.1, 0.15) is 32.1 Å². The van der Waals surface area contributed by atoms with Gasteiger partial charge in [0.15, 0.2) is 0 Å². The molecule has 1 aliphatic carbocycles. The van der Waals surface area contributed by atoms with Crippen LogP contribution >= 0.6 is 0 Å². The van der Waals surface area contributed by atoms with Gasteiger partial charge in [0.1, 0.15) is 5.82 Å². The van der Waals surface area contributed by atoms with Gasteiger partial charge in [-0.05, 0) is 31.0 Å². The smallest absolute Gasteiger partial charge is 0.148 e. The summed E-state index contributed by atoms with van der Waals surface area (Å²) in [6.07, 6.45) is 6.72. The molecule has 0 radical (unpaired) electrons. The lowest BCUT2D eigenvalue weighted by Gasteiger charge is -2.31. The van der Waals surface area contributed by atoms with Crippen LogP contribution in [0.25, 0.3) is 0 Å². The molecule has 0 bridgehead atoms. The van der Waals surface area contributed by atoms with Gasteiger partial charge in [0.25, 0.3) is 0 Å². The monoisotopic (exact) mass is 277 g/mol. The number of rotatable bonds is 3. The summed E-state index contributed by atoms with van der Waals surface area (Å²) in [7, 11) is 1.81. The van der Waals surface area contributed by atoms with Crippen molar-refractivity contribution in [3.05, 3.63) is 24.0 Å². The maximum atomic E-state index is 14.2. The normalized spacial score (nSPS) is 21.4. The van der Waals surface area contributed by atoms with Gasteiger partial charge < -0.3 is 10.2 Å². The van der Waals surface area contributed by atoms with Gasteiger partial charge >= 0.3 is 0 Å². The molecule has 0 aromatic heterocycles. The van der Waals surface area contributed by atoms with Crippen molar-refractivity contribution in [2.24, 2.45) is 0 Å². The first-order valence-corrected chi connectivity index (χ1v) is 7.74. The predicted molar refractivity (Wildman–Crippen MR) is 81.7 cm³/mol. The van der Waals surface area contributed by atoms with Gasteiger partial charge in [-0.1, -0.05) is 19.3 Å². The Morgan fingerprint density at radius 2 is 1.95 bits per heavy atom. The summed E-state index contributed by atoms with van der Waals surface area (Å²) in [6, 6.07) is 6.14. The molecular formula is C16H24FN3. The quantitative estimate of drug-likeness (QED) is 0.914. The number of anilines is 2. The van der Waals surface area contributed by atoms with Crippen LogP contribution in [0, 0.1) is 5.82 Å². The molecule has 4 heteroatoms. The average Bonchev–Trinajstić information content (AvgIpc) is 2.97. The van der Waals surface area contributed by atoms with E-state index in [1.54, 1.807) is 6.07 Å². The highest BCUT2D eigenvalue weighted by molar-refractivity contribution is 5.56. The van der Waals surface area contributed by atoms with Gasteiger partial charge in [-0.2, -0.15) is 0 Å². The maximum Gasteiger partial charge on any atom is 0.148 e. The Hall–Kier alpha value is -1.29. The molecule has 1 aliphatic heterocycles. The summed E-state index contributed by atoms with van der Waals surface area (Å²) in [5.41, 5.74) is 1.57. The van der Waals surface area contributed by atoms with Crippen LogP contribution in [0.2, 0.25) is 0 Å². The first kappa shape index (κ1) is 13.7. The lowest BCUT2D eigenvalue weighted by Crippen LogP contribution is -2.36. The average molecular weight is 277 g/mol. The van der Waals surface area contributed by atoms with E-state index in [1.165, 1.54) is 32.1 Å². The minimum Gasteiger partial charge on any atom is -0.388 e. The van der Waals surface area contributed by atoms with E-state index in [4.69, 9.17) is 0 Å². The molecule has 3 nitrogen and oxygen atoms in total. The molecular weight excluding hydrogens is 253 g/mol. The van der Waals surface area contributed by atoms with Crippen molar-refractivity contribution in [3.63, 3.8) is 0 Å². The Morgan fingerprint density at radius 1 is 1.15 bits per heavy atom. The third-order valence-electron chi connectivity index (χ3n) is 4.68. The van der Waals surface area contributed by atoms with Crippen LogP contribution in [-0.2, 0) is 0 Å². The summed E-state index contributed by atoms with van der Waals surface area (Å²) < 4.78 is 14.2. The standard InChI is InChI=1S/C16H24FN3/c1-18-13-7-8-16(15(17)11-13)20-10-9-19(12-20)14-5-3-2-4-6-14/h7-8,11,14,18H,2-6,9-10,12H2,1H3. The molecule has 1 heterocycles. The van der Waals surface area contributed by atoms with E-state index < -0.39 is 0 Å². The highest BCUT2D eigenvalue weighted by atomic mass is 19.1. The SMILES string of the molecule is CNc1ccc(N2CCN(C3CCCCC3)C2)c(F)c1. The van der Waals surface area contributed by atoms with E-state index in [1.807, 2.05) is 19.2 Å². The number of nitrogens with one attached hydrogen (secondary N) is 1.